The summed E-state index contributed by atoms with van der Waals surface area (Å²) in [5.74, 6) is 3.27. The van der Waals surface area contributed by atoms with Crippen molar-refractivity contribution in [3.63, 3.8) is 0 Å². The van der Waals surface area contributed by atoms with Gasteiger partial charge in [-0.1, -0.05) is 0 Å². The predicted molar refractivity (Wildman–Crippen MR) is 71.5 cm³/mol. The molecule has 6 atom stereocenters. The number of rotatable bonds is 0. The lowest BCUT2D eigenvalue weighted by atomic mass is 9.66. The molecule has 0 N–H and O–H groups in total. The molecule has 2 fully saturated rings. The second kappa shape index (κ2) is 2.76. The highest BCUT2D eigenvalue weighted by Crippen LogP contribution is 2.70. The van der Waals surface area contributed by atoms with Crippen LogP contribution in [0.15, 0.2) is 20.7 Å². The van der Waals surface area contributed by atoms with Crippen LogP contribution < -0.4 is 11.4 Å². The van der Waals surface area contributed by atoms with Crippen molar-refractivity contribution >= 4 is 0 Å². The Balaban J connectivity index is 1.66. The number of allylic oxidation sites excluding steroid dienone is 2. The molecule has 0 radical (unpaired) electrons. The van der Waals surface area contributed by atoms with E-state index in [1.54, 1.807) is 27.6 Å². The van der Waals surface area contributed by atoms with Gasteiger partial charge in [-0.3, -0.25) is 0 Å². The first-order valence-electron chi connectivity index (χ1n) is 7.82. The van der Waals surface area contributed by atoms with Crippen molar-refractivity contribution in [1.82, 2.24) is 13.9 Å². The standard InChI is InChI=1S/C15H17N3O2/c1-16-14(19)17-10-5-11(18(17)15(16)20)13-7-3-2-6(12(10)13)8-4-9(7)8/h6-11H,2-5H2,1H3/t6-,7+,8+,9-,10-,11+. The van der Waals surface area contributed by atoms with Crippen molar-refractivity contribution in [2.24, 2.45) is 30.7 Å². The monoisotopic (exact) mass is 271 g/mol. The quantitative estimate of drug-likeness (QED) is 0.656. The Kier molecular flexibility index (Phi) is 1.41. The molecule has 0 saturated heterocycles. The van der Waals surface area contributed by atoms with E-state index in [0.717, 1.165) is 30.1 Å². The van der Waals surface area contributed by atoms with Gasteiger partial charge in [0, 0.05) is 13.5 Å². The lowest BCUT2D eigenvalue weighted by Crippen LogP contribution is -2.38. The van der Waals surface area contributed by atoms with Gasteiger partial charge in [-0.05, 0) is 54.1 Å². The molecule has 5 heteroatoms. The maximum Gasteiger partial charge on any atom is 0.347 e. The zero-order valence-electron chi connectivity index (χ0n) is 11.5. The van der Waals surface area contributed by atoms with Gasteiger partial charge in [0.15, 0.2) is 0 Å². The summed E-state index contributed by atoms with van der Waals surface area (Å²) >= 11 is 0. The van der Waals surface area contributed by atoms with Crippen LogP contribution in [0.4, 0.5) is 0 Å². The number of aromatic nitrogens is 3. The third kappa shape index (κ3) is 0.818. The van der Waals surface area contributed by atoms with E-state index in [0.29, 0.717) is 0 Å². The van der Waals surface area contributed by atoms with Gasteiger partial charge in [0.25, 0.3) is 0 Å². The second-order valence-electron chi connectivity index (χ2n) is 7.35. The molecular weight excluding hydrogens is 254 g/mol. The minimum absolute atomic E-state index is 0.122. The summed E-state index contributed by atoms with van der Waals surface area (Å²) in [6.45, 7) is 0. The van der Waals surface area contributed by atoms with Crippen LogP contribution in [0.1, 0.15) is 37.8 Å². The normalized spacial score (nSPS) is 45.6. The summed E-state index contributed by atoms with van der Waals surface area (Å²) in [6, 6.07) is 0.400. The van der Waals surface area contributed by atoms with Crippen LogP contribution in [0.25, 0.3) is 0 Å². The van der Waals surface area contributed by atoms with Crippen molar-refractivity contribution in [1.29, 1.82) is 0 Å². The summed E-state index contributed by atoms with van der Waals surface area (Å²) in [7, 11) is 1.60. The third-order valence-electron chi connectivity index (χ3n) is 6.80. The van der Waals surface area contributed by atoms with E-state index in [4.69, 9.17) is 0 Å². The minimum atomic E-state index is -0.122. The molecule has 2 heterocycles. The Morgan fingerprint density at radius 3 is 1.85 bits per heavy atom. The van der Waals surface area contributed by atoms with Gasteiger partial charge in [0.1, 0.15) is 0 Å². The molecule has 0 aromatic carbocycles. The third-order valence-corrected chi connectivity index (χ3v) is 6.80. The first-order chi connectivity index (χ1) is 9.68. The fourth-order valence-corrected chi connectivity index (χ4v) is 6.10. The zero-order chi connectivity index (χ0) is 13.3. The van der Waals surface area contributed by atoms with Gasteiger partial charge < -0.3 is 0 Å². The molecule has 20 heavy (non-hydrogen) atoms. The van der Waals surface area contributed by atoms with Gasteiger partial charge in [-0.25, -0.2) is 23.5 Å². The molecule has 0 unspecified atom stereocenters. The van der Waals surface area contributed by atoms with Gasteiger partial charge in [0.2, 0.25) is 0 Å². The molecule has 0 amide bonds. The summed E-state index contributed by atoms with van der Waals surface area (Å²) in [4.78, 5) is 24.7. The molecule has 7 rings (SSSR count). The first-order valence-corrected chi connectivity index (χ1v) is 7.82. The number of hydrogen-bond acceptors (Lipinski definition) is 2. The molecule has 2 saturated carbocycles. The zero-order valence-corrected chi connectivity index (χ0v) is 11.5. The highest BCUT2D eigenvalue weighted by atomic mass is 16.2. The predicted octanol–water partition coefficient (Wildman–Crippen LogP) is 0.820. The van der Waals surface area contributed by atoms with Gasteiger partial charge in [0.05, 0.1) is 12.1 Å². The SMILES string of the molecule is Cn1c(=O)n2n(c1=O)[C@H]1C[C@@H]2C2=C1[C@H]1CC[C@@H]2[C@@H]2C[C@@H]21. The minimum Gasteiger partial charge on any atom is -0.246 e. The summed E-state index contributed by atoms with van der Waals surface area (Å²) in [6.07, 6.45) is 5.01. The molecule has 1 aliphatic heterocycles. The van der Waals surface area contributed by atoms with Crippen LogP contribution in [-0.4, -0.2) is 13.9 Å². The highest BCUT2D eigenvalue weighted by molar-refractivity contribution is 5.43. The molecule has 4 bridgehead atoms. The van der Waals surface area contributed by atoms with E-state index in [2.05, 4.69) is 0 Å². The first kappa shape index (κ1) is 10.2. The summed E-state index contributed by atoms with van der Waals surface area (Å²) in [5.41, 5.74) is 2.92. The Morgan fingerprint density at radius 1 is 0.850 bits per heavy atom. The summed E-state index contributed by atoms with van der Waals surface area (Å²) < 4.78 is 4.81. The maximum absolute atomic E-state index is 12.3. The number of nitrogens with zero attached hydrogens (tertiary/aromatic N) is 3. The lowest BCUT2D eigenvalue weighted by Gasteiger charge is -2.42. The van der Waals surface area contributed by atoms with Crippen molar-refractivity contribution in [2.45, 2.75) is 37.8 Å². The van der Waals surface area contributed by atoms with E-state index in [-0.39, 0.29) is 23.5 Å². The Bertz CT molecular complexity index is 760. The van der Waals surface area contributed by atoms with Gasteiger partial charge in [-0.2, -0.15) is 0 Å². The fourth-order valence-electron chi connectivity index (χ4n) is 6.10. The number of hydrogen-bond donors (Lipinski definition) is 0. The van der Waals surface area contributed by atoms with Crippen LogP contribution in [0.5, 0.6) is 0 Å². The van der Waals surface area contributed by atoms with Crippen LogP contribution in [0.2, 0.25) is 0 Å². The Labute approximate surface area is 115 Å². The molecule has 0 spiro atoms. The lowest BCUT2D eigenvalue weighted by molar-refractivity contribution is 0.239. The Hall–Kier alpha value is -1.52. The van der Waals surface area contributed by atoms with E-state index < -0.39 is 0 Å². The molecule has 1 aromatic heterocycles. The molecular formula is C15H17N3O2. The second-order valence-corrected chi connectivity index (χ2v) is 7.35. The molecule has 6 aliphatic rings. The van der Waals surface area contributed by atoms with Crippen molar-refractivity contribution in [3.05, 3.63) is 32.1 Å². The van der Waals surface area contributed by atoms with E-state index in [1.807, 2.05) is 0 Å². The average molecular weight is 271 g/mol. The molecule has 104 valence electrons. The van der Waals surface area contributed by atoms with Gasteiger partial charge in [-0.15, -0.1) is 0 Å². The average Bonchev–Trinajstić information content (AvgIpc) is 3.03. The van der Waals surface area contributed by atoms with E-state index in [9.17, 15) is 9.59 Å². The summed E-state index contributed by atoms with van der Waals surface area (Å²) in [5, 5.41) is 0. The van der Waals surface area contributed by atoms with Gasteiger partial charge >= 0.3 is 11.4 Å². The molecule has 5 aliphatic carbocycles. The van der Waals surface area contributed by atoms with Crippen molar-refractivity contribution in [2.75, 3.05) is 0 Å². The maximum atomic E-state index is 12.3. The molecule has 1 aromatic rings. The van der Waals surface area contributed by atoms with Crippen LogP contribution in [0, 0.1) is 23.7 Å². The van der Waals surface area contributed by atoms with Crippen LogP contribution in [-0.2, 0) is 7.05 Å². The smallest absolute Gasteiger partial charge is 0.246 e. The van der Waals surface area contributed by atoms with E-state index >= 15 is 0 Å². The number of fused-ring (bicyclic) bond motifs is 6. The molecule has 5 nitrogen and oxygen atoms in total. The largest absolute Gasteiger partial charge is 0.347 e. The van der Waals surface area contributed by atoms with Crippen LogP contribution >= 0.6 is 0 Å². The van der Waals surface area contributed by atoms with Crippen LogP contribution in [0.3, 0.4) is 0 Å². The van der Waals surface area contributed by atoms with E-state index in [1.165, 1.54) is 23.8 Å². The fraction of sp³-hybridized carbons (Fsp3) is 0.733. The van der Waals surface area contributed by atoms with Crippen molar-refractivity contribution < 1.29 is 0 Å². The highest BCUT2D eigenvalue weighted by Gasteiger charge is 2.63. The van der Waals surface area contributed by atoms with Crippen molar-refractivity contribution in [3.8, 4) is 0 Å². The Morgan fingerprint density at radius 2 is 1.35 bits per heavy atom. The topological polar surface area (TPSA) is 48.9 Å².